The highest BCUT2D eigenvalue weighted by Gasteiger charge is 2.36. The maximum Gasteiger partial charge on any atom is 0.445 e. The molecule has 2 atom stereocenters. The normalized spacial score (nSPS) is 26.0. The van der Waals surface area contributed by atoms with Gasteiger partial charge in [-0.05, 0) is 13.3 Å². The average Bonchev–Trinajstić information content (AvgIpc) is 2.76. The van der Waals surface area contributed by atoms with E-state index in [1.807, 2.05) is 6.92 Å². The van der Waals surface area contributed by atoms with Gasteiger partial charge in [-0.25, -0.2) is 0 Å². The summed E-state index contributed by atoms with van der Waals surface area (Å²) in [5.41, 5.74) is 0. The van der Waals surface area contributed by atoms with Crippen LogP contribution < -0.4 is 5.32 Å². The Bertz CT molecular complexity index is 368. The third-order valence-electron chi connectivity index (χ3n) is 2.35. The lowest BCUT2D eigenvalue weighted by Crippen LogP contribution is -2.26. The van der Waals surface area contributed by atoms with E-state index < -0.39 is 11.2 Å². The lowest BCUT2D eigenvalue weighted by molar-refractivity contribution is -0.138. The molecular formula is C8H10F3N3OS. The van der Waals surface area contributed by atoms with Crippen LogP contribution in [-0.2, 0) is 10.9 Å². The fourth-order valence-corrected chi connectivity index (χ4v) is 2.15. The van der Waals surface area contributed by atoms with Gasteiger partial charge in [0, 0.05) is 6.61 Å². The first-order valence-corrected chi connectivity index (χ1v) is 5.57. The molecule has 90 valence electrons. The van der Waals surface area contributed by atoms with Crippen molar-refractivity contribution in [3.63, 3.8) is 0 Å². The Morgan fingerprint density at radius 2 is 2.19 bits per heavy atom. The Labute approximate surface area is 93.8 Å². The highest BCUT2D eigenvalue weighted by atomic mass is 32.1. The summed E-state index contributed by atoms with van der Waals surface area (Å²) in [6, 6.07) is 0.00836. The first-order valence-electron chi connectivity index (χ1n) is 4.75. The summed E-state index contributed by atoms with van der Waals surface area (Å²) in [7, 11) is 0. The van der Waals surface area contributed by atoms with E-state index in [0.717, 1.165) is 6.42 Å². The predicted octanol–water partition coefficient (Wildman–Crippen LogP) is 2.15. The fourth-order valence-electron chi connectivity index (χ4n) is 1.48. The Morgan fingerprint density at radius 3 is 2.69 bits per heavy atom. The molecule has 2 rings (SSSR count). The van der Waals surface area contributed by atoms with Crippen LogP contribution in [0.25, 0.3) is 0 Å². The number of aromatic nitrogens is 2. The van der Waals surface area contributed by atoms with Gasteiger partial charge in [-0.2, -0.15) is 13.2 Å². The minimum atomic E-state index is -4.42. The van der Waals surface area contributed by atoms with E-state index in [1.165, 1.54) is 0 Å². The number of anilines is 1. The van der Waals surface area contributed by atoms with E-state index in [-0.39, 0.29) is 17.3 Å². The summed E-state index contributed by atoms with van der Waals surface area (Å²) >= 11 is 0.515. The van der Waals surface area contributed by atoms with E-state index in [0.29, 0.717) is 17.9 Å². The van der Waals surface area contributed by atoms with Gasteiger partial charge in [0.2, 0.25) is 10.1 Å². The molecular weight excluding hydrogens is 243 g/mol. The molecule has 0 amide bonds. The second-order valence-electron chi connectivity index (χ2n) is 3.53. The lowest BCUT2D eigenvalue weighted by Gasteiger charge is -2.14. The molecule has 0 saturated carbocycles. The van der Waals surface area contributed by atoms with Gasteiger partial charge in [0.05, 0.1) is 12.1 Å². The van der Waals surface area contributed by atoms with Crippen LogP contribution in [0.1, 0.15) is 18.4 Å². The largest absolute Gasteiger partial charge is 0.445 e. The van der Waals surface area contributed by atoms with E-state index in [1.54, 1.807) is 0 Å². The Morgan fingerprint density at radius 1 is 1.44 bits per heavy atom. The summed E-state index contributed by atoms with van der Waals surface area (Å²) in [6.45, 7) is 2.49. The average molecular weight is 253 g/mol. The molecule has 1 aliphatic heterocycles. The summed E-state index contributed by atoms with van der Waals surface area (Å²) in [5, 5.41) is 8.72. The molecule has 0 unspecified atom stereocenters. The first kappa shape index (κ1) is 11.6. The van der Waals surface area contributed by atoms with Crippen LogP contribution in [0.3, 0.4) is 0 Å². The van der Waals surface area contributed by atoms with Crippen LogP contribution in [0, 0.1) is 0 Å². The van der Waals surface area contributed by atoms with Gasteiger partial charge in [-0.15, -0.1) is 10.2 Å². The molecule has 1 fully saturated rings. The lowest BCUT2D eigenvalue weighted by atomic mass is 10.2. The zero-order chi connectivity index (χ0) is 11.8. The van der Waals surface area contributed by atoms with Gasteiger partial charge in [0.25, 0.3) is 0 Å². The molecule has 2 heterocycles. The van der Waals surface area contributed by atoms with Crippen molar-refractivity contribution in [2.45, 2.75) is 31.7 Å². The highest BCUT2D eigenvalue weighted by Crippen LogP contribution is 2.33. The van der Waals surface area contributed by atoms with Crippen molar-refractivity contribution < 1.29 is 17.9 Å². The second-order valence-corrected chi connectivity index (χ2v) is 4.50. The summed E-state index contributed by atoms with van der Waals surface area (Å²) in [5.74, 6) is 0. The molecule has 1 saturated heterocycles. The van der Waals surface area contributed by atoms with Crippen LogP contribution in [0.15, 0.2) is 0 Å². The van der Waals surface area contributed by atoms with E-state index in [2.05, 4.69) is 15.5 Å². The summed E-state index contributed by atoms with van der Waals surface area (Å²) < 4.78 is 42.0. The number of rotatable bonds is 2. The predicted molar refractivity (Wildman–Crippen MR) is 52.4 cm³/mol. The maximum absolute atomic E-state index is 12.2. The number of halogens is 3. The van der Waals surface area contributed by atoms with Crippen molar-refractivity contribution in [1.29, 1.82) is 0 Å². The molecule has 0 bridgehead atoms. The van der Waals surface area contributed by atoms with Crippen molar-refractivity contribution in [1.82, 2.24) is 10.2 Å². The smallest absolute Gasteiger partial charge is 0.376 e. The third-order valence-corrected chi connectivity index (χ3v) is 3.25. The number of nitrogens with zero attached hydrogens (tertiary/aromatic N) is 2. The van der Waals surface area contributed by atoms with Crippen LogP contribution in [0.2, 0.25) is 0 Å². The number of hydrogen-bond donors (Lipinski definition) is 1. The van der Waals surface area contributed by atoms with Gasteiger partial charge < -0.3 is 10.1 Å². The SMILES string of the molecule is C[C@@H]1OCC[C@@H]1Nc1nnc(C(F)(F)F)s1. The van der Waals surface area contributed by atoms with E-state index in [9.17, 15) is 13.2 Å². The molecule has 0 spiro atoms. The van der Waals surface area contributed by atoms with Gasteiger partial charge in [0.15, 0.2) is 0 Å². The zero-order valence-electron chi connectivity index (χ0n) is 8.41. The number of ether oxygens (including phenoxy) is 1. The van der Waals surface area contributed by atoms with Crippen molar-refractivity contribution >= 4 is 16.5 Å². The minimum Gasteiger partial charge on any atom is -0.376 e. The molecule has 0 aromatic carbocycles. The highest BCUT2D eigenvalue weighted by molar-refractivity contribution is 7.15. The van der Waals surface area contributed by atoms with Crippen LogP contribution in [-0.4, -0.2) is 29.0 Å². The monoisotopic (exact) mass is 253 g/mol. The minimum absolute atomic E-state index is 0.00836. The van der Waals surface area contributed by atoms with Crippen molar-refractivity contribution in [2.24, 2.45) is 0 Å². The fraction of sp³-hybridized carbons (Fsp3) is 0.750. The standard InChI is InChI=1S/C8H10F3N3OS/c1-4-5(2-3-15-4)12-7-14-13-6(16-7)8(9,10)11/h4-5H,2-3H2,1H3,(H,12,14)/t4-,5-/m0/s1. The van der Waals surface area contributed by atoms with Gasteiger partial charge in [-0.3, -0.25) is 0 Å². The van der Waals surface area contributed by atoms with Crippen molar-refractivity contribution in [3.8, 4) is 0 Å². The van der Waals surface area contributed by atoms with Crippen LogP contribution >= 0.6 is 11.3 Å². The molecule has 1 aliphatic rings. The summed E-state index contributed by atoms with van der Waals surface area (Å²) in [6.07, 6.45) is -3.67. The van der Waals surface area contributed by atoms with Gasteiger partial charge in [0.1, 0.15) is 0 Å². The second kappa shape index (κ2) is 4.17. The maximum atomic E-state index is 12.2. The zero-order valence-corrected chi connectivity index (χ0v) is 9.23. The van der Waals surface area contributed by atoms with E-state index in [4.69, 9.17) is 4.74 Å². The Kier molecular flexibility index (Phi) is 3.02. The number of nitrogens with one attached hydrogen (secondary N) is 1. The topological polar surface area (TPSA) is 47.0 Å². The molecule has 0 aliphatic carbocycles. The first-order chi connectivity index (χ1) is 7.47. The third kappa shape index (κ3) is 2.43. The summed E-state index contributed by atoms with van der Waals surface area (Å²) in [4.78, 5) is 0. The molecule has 1 N–H and O–H groups in total. The molecule has 1 aromatic rings. The van der Waals surface area contributed by atoms with Gasteiger partial charge >= 0.3 is 6.18 Å². The van der Waals surface area contributed by atoms with Gasteiger partial charge in [-0.1, -0.05) is 11.3 Å². The van der Waals surface area contributed by atoms with Crippen LogP contribution in [0.5, 0.6) is 0 Å². The Hall–Kier alpha value is -0.890. The number of alkyl halides is 3. The van der Waals surface area contributed by atoms with Crippen molar-refractivity contribution in [2.75, 3.05) is 11.9 Å². The van der Waals surface area contributed by atoms with E-state index >= 15 is 0 Å². The van der Waals surface area contributed by atoms with Crippen molar-refractivity contribution in [3.05, 3.63) is 5.01 Å². The number of hydrogen-bond acceptors (Lipinski definition) is 5. The molecule has 0 radical (unpaired) electrons. The van der Waals surface area contributed by atoms with Crippen LogP contribution in [0.4, 0.5) is 18.3 Å². The Balaban J connectivity index is 2.03. The molecule has 1 aromatic heterocycles. The molecule has 8 heteroatoms. The molecule has 4 nitrogen and oxygen atoms in total. The molecule has 16 heavy (non-hydrogen) atoms. The quantitative estimate of drug-likeness (QED) is 0.877.